The van der Waals surface area contributed by atoms with Crippen LogP contribution in [-0.2, 0) is 34.4 Å². The Labute approximate surface area is 291 Å². The van der Waals surface area contributed by atoms with Crippen LogP contribution in [0.4, 0.5) is 9.59 Å². The summed E-state index contributed by atoms with van der Waals surface area (Å²) in [6.07, 6.45) is -2.83. The Kier molecular flexibility index (Phi) is 18.8. The van der Waals surface area contributed by atoms with Gasteiger partial charge in [0.05, 0.1) is 6.04 Å². The van der Waals surface area contributed by atoms with E-state index in [0.29, 0.717) is 0 Å². The summed E-state index contributed by atoms with van der Waals surface area (Å²) in [6.45, 7) is 1.40. The van der Waals surface area contributed by atoms with Crippen molar-refractivity contribution in [2.45, 2.75) is 38.2 Å². The van der Waals surface area contributed by atoms with Gasteiger partial charge in [-0.3, -0.25) is 14.4 Å². The number of phosphoric ester groups is 1. The van der Waals surface area contributed by atoms with Crippen LogP contribution in [0.15, 0.2) is 30.3 Å². The van der Waals surface area contributed by atoms with E-state index in [1.165, 1.54) is 7.11 Å². The van der Waals surface area contributed by atoms with Gasteiger partial charge in [-0.25, -0.2) is 14.2 Å². The number of carbonyl (C=O) groups excluding carboxylic acids is 2. The molecule has 3 N–H and O–H groups in total. The van der Waals surface area contributed by atoms with Crippen molar-refractivity contribution in [2.24, 2.45) is 5.92 Å². The van der Waals surface area contributed by atoms with Crippen molar-refractivity contribution in [3.05, 3.63) is 35.9 Å². The molecule has 11 nitrogen and oxygen atoms in total. The summed E-state index contributed by atoms with van der Waals surface area (Å²) < 4.78 is 37.9. The molecule has 0 aliphatic heterocycles. The van der Waals surface area contributed by atoms with E-state index in [2.05, 4.69) is 134 Å². The Morgan fingerprint density at radius 2 is 1.30 bits per heavy atom. The zero-order valence-corrected chi connectivity index (χ0v) is 27.9. The molecule has 12 heteroatoms. The number of ether oxygens (including phenoxy) is 3. The second-order valence-electron chi connectivity index (χ2n) is 9.08. The summed E-state index contributed by atoms with van der Waals surface area (Å²) in [6, 6.07) is 9.90. The molecule has 2 rings (SSSR count). The first-order valence-electron chi connectivity index (χ1n) is 14.2. The molecule has 1 aliphatic rings. The van der Waals surface area contributed by atoms with E-state index < -0.39 is 44.2 Å². The fourth-order valence-electron chi connectivity index (χ4n) is 3.86. The Morgan fingerprint density at radius 3 is 1.80 bits per heavy atom. The van der Waals surface area contributed by atoms with E-state index in [4.69, 9.17) is 18.7 Å². The lowest BCUT2D eigenvalue weighted by atomic mass is 10.1. The summed E-state index contributed by atoms with van der Waals surface area (Å²) >= 11 is 0. The molecule has 1 aliphatic carbocycles. The average molecular weight is 687 g/mol. The van der Waals surface area contributed by atoms with E-state index in [1.807, 2.05) is 6.07 Å². The number of rotatable bonds is 9. The van der Waals surface area contributed by atoms with Crippen LogP contribution in [0.2, 0.25) is 0 Å². The van der Waals surface area contributed by atoms with Crippen molar-refractivity contribution < 1.29 is 42.3 Å². The first kappa shape index (κ1) is 39.6. The van der Waals surface area contributed by atoms with Crippen molar-refractivity contribution in [3.63, 3.8) is 0 Å². The van der Waals surface area contributed by atoms with Gasteiger partial charge in [-0.1, -0.05) is 36.3 Å². The summed E-state index contributed by atoms with van der Waals surface area (Å²) in [7, 11) is -2.15. The van der Waals surface area contributed by atoms with Gasteiger partial charge < -0.3 is 24.4 Å². The highest BCUT2D eigenvalue weighted by atomic mass is 31.2. The van der Waals surface area contributed by atoms with Crippen molar-refractivity contribution >= 4 is 20.0 Å². The summed E-state index contributed by atoms with van der Waals surface area (Å²) in [4.78, 5) is 34.7. The van der Waals surface area contributed by atoms with Crippen LogP contribution >= 0.6 is 7.82 Å². The van der Waals surface area contributed by atoms with Crippen molar-refractivity contribution in [3.8, 4) is 119 Å². The zero-order valence-electron chi connectivity index (χ0n) is 27.0. The molecular formula is C38H27N2O9P. The predicted octanol–water partition coefficient (Wildman–Crippen LogP) is 2.19. The Balaban J connectivity index is 1.89. The number of hydrogen-bond acceptors (Lipinski definition) is 8. The molecule has 5 atom stereocenters. The highest BCUT2D eigenvalue weighted by molar-refractivity contribution is 7.47. The largest absolute Gasteiger partial charge is 0.508 e. The molecule has 0 saturated heterocycles. The number of hydrogen-bond donors (Lipinski definition) is 3. The molecule has 0 spiro atoms. The van der Waals surface area contributed by atoms with Crippen molar-refractivity contribution in [1.29, 1.82) is 0 Å². The molecule has 2 amide bonds. The molecular weight excluding hydrogens is 659 g/mol. The molecule has 0 radical (unpaired) electrons. The van der Waals surface area contributed by atoms with Gasteiger partial charge in [0.1, 0.15) is 25.4 Å². The highest BCUT2D eigenvalue weighted by Crippen LogP contribution is 2.48. The summed E-state index contributed by atoms with van der Waals surface area (Å²) in [5, 5.41) is 4.96. The normalized spacial score (nSPS) is 16.7. The van der Waals surface area contributed by atoms with Crippen molar-refractivity contribution in [2.75, 3.05) is 20.8 Å². The molecule has 0 heterocycles. The zero-order chi connectivity index (χ0) is 36.3. The maximum Gasteiger partial charge on any atom is 0.508 e. The quantitative estimate of drug-likeness (QED) is 0.154. The standard InChI is InChI=1S/C38H27N2O9P/c1-4-5-6-7-8-9-10-11-12-13-14-15-16-17-18-19-20-21-25-28-39-37(41)40-34-29-33(35(36(34)45-2)49-50(43,44)46-3)31-48-38(42)47-30-32-26-23-22-24-27-32/h22-24,26-27,33-36H,29-31H2,1-3H3,(H,43,44)(H2,39,40,41)/t33-,34+,35?,36-/m1/s1. The first-order chi connectivity index (χ1) is 24.3. The van der Waals surface area contributed by atoms with Crippen LogP contribution in [0.1, 0.15) is 18.9 Å². The van der Waals surface area contributed by atoms with E-state index in [-0.39, 0.29) is 19.6 Å². The number of nitrogens with one attached hydrogen (secondary N) is 2. The minimum absolute atomic E-state index is 0.00919. The van der Waals surface area contributed by atoms with Gasteiger partial charge in [0.25, 0.3) is 0 Å². The molecule has 1 aromatic rings. The number of phosphoric acid groups is 1. The van der Waals surface area contributed by atoms with Crippen LogP contribution in [0.5, 0.6) is 0 Å². The maximum atomic E-state index is 12.5. The fraction of sp³-hybridized carbons (Fsp3) is 0.263. The van der Waals surface area contributed by atoms with Crippen LogP contribution < -0.4 is 10.6 Å². The van der Waals surface area contributed by atoms with Crippen molar-refractivity contribution in [1.82, 2.24) is 10.6 Å². The SMILES string of the molecule is CC#CC#CC#CC#CC#CC#CC#CC#CC#CC#CNC(=O)N[C@H]1C[C@H](COC(=O)OCc2ccccc2)C(OP(=O)(O)OC)[C@@H]1OC. The minimum Gasteiger partial charge on any atom is -0.434 e. The van der Waals surface area contributed by atoms with E-state index in [0.717, 1.165) is 12.7 Å². The average Bonchev–Trinajstić information content (AvgIpc) is 3.43. The number of amides is 2. The van der Waals surface area contributed by atoms with Gasteiger partial charge in [0, 0.05) is 85.4 Å². The van der Waals surface area contributed by atoms with Crippen LogP contribution in [0.3, 0.4) is 0 Å². The predicted molar refractivity (Wildman–Crippen MR) is 182 cm³/mol. The highest BCUT2D eigenvalue weighted by Gasteiger charge is 2.48. The van der Waals surface area contributed by atoms with Gasteiger partial charge in [0.15, 0.2) is 0 Å². The van der Waals surface area contributed by atoms with E-state index >= 15 is 0 Å². The van der Waals surface area contributed by atoms with Crippen LogP contribution in [-0.4, -0.2) is 56.2 Å². The van der Waals surface area contributed by atoms with E-state index in [1.54, 1.807) is 31.2 Å². The van der Waals surface area contributed by atoms with Gasteiger partial charge in [-0.2, -0.15) is 0 Å². The minimum atomic E-state index is -4.48. The molecule has 1 saturated carbocycles. The number of benzene rings is 1. The lowest BCUT2D eigenvalue weighted by molar-refractivity contribution is -0.0320. The summed E-state index contributed by atoms with van der Waals surface area (Å²) in [5.74, 6) is 46.5. The monoisotopic (exact) mass is 686 g/mol. The number of methoxy groups -OCH3 is 1. The van der Waals surface area contributed by atoms with Gasteiger partial charge in [0.2, 0.25) is 0 Å². The molecule has 0 bridgehead atoms. The molecule has 248 valence electrons. The van der Waals surface area contributed by atoms with E-state index in [9.17, 15) is 19.0 Å². The number of carbonyl (C=O) groups is 2. The third-order valence-corrected chi connectivity index (χ3v) is 6.83. The lowest BCUT2D eigenvalue weighted by Crippen LogP contribution is -2.47. The lowest BCUT2D eigenvalue weighted by Gasteiger charge is -2.26. The molecule has 1 fully saturated rings. The summed E-state index contributed by atoms with van der Waals surface area (Å²) in [5.41, 5.74) is 0.759. The third kappa shape index (κ3) is 16.8. The Morgan fingerprint density at radius 1 is 0.780 bits per heavy atom. The van der Waals surface area contributed by atoms with Gasteiger partial charge >= 0.3 is 20.0 Å². The maximum absolute atomic E-state index is 12.5. The third-order valence-electron chi connectivity index (χ3n) is 5.86. The molecule has 0 aromatic heterocycles. The molecule has 2 unspecified atom stereocenters. The smallest absolute Gasteiger partial charge is 0.434 e. The molecule has 1 aromatic carbocycles. The second-order valence-corrected chi connectivity index (χ2v) is 10.6. The first-order valence-corrected chi connectivity index (χ1v) is 15.7. The second kappa shape index (κ2) is 23.7. The Hall–Kier alpha value is -6.57. The Bertz CT molecular complexity index is 2080. The topological polar surface area (TPSA) is 142 Å². The van der Waals surface area contributed by atoms with Crippen LogP contribution in [0.25, 0.3) is 0 Å². The van der Waals surface area contributed by atoms with Gasteiger partial charge in [-0.05, 0) is 66.3 Å². The van der Waals surface area contributed by atoms with Gasteiger partial charge in [-0.15, -0.1) is 0 Å². The van der Waals surface area contributed by atoms with Crippen LogP contribution in [0, 0.1) is 124 Å². The molecule has 50 heavy (non-hydrogen) atoms. The number of urea groups is 1. The fourth-order valence-corrected chi connectivity index (χ4v) is 4.54.